The van der Waals surface area contributed by atoms with Crippen LogP contribution in [0.4, 0.5) is 0 Å². The lowest BCUT2D eigenvalue weighted by Gasteiger charge is -1.87. The molecule has 0 bridgehead atoms. The van der Waals surface area contributed by atoms with Gasteiger partial charge in [-0.05, 0) is 12.1 Å². The Balaban J connectivity index is 0.000000167. The van der Waals surface area contributed by atoms with Crippen LogP contribution in [0, 0.1) is 0 Å². The Morgan fingerprint density at radius 2 is 2.00 bits per heavy atom. The van der Waals surface area contributed by atoms with Crippen LogP contribution in [0.2, 0.25) is 0 Å². The molecule has 0 spiro atoms. The second-order valence-corrected chi connectivity index (χ2v) is 4.23. The summed E-state index contributed by atoms with van der Waals surface area (Å²) in [7, 11) is -3.88. The van der Waals surface area contributed by atoms with Gasteiger partial charge in [0.2, 0.25) is 0 Å². The van der Waals surface area contributed by atoms with E-state index >= 15 is 0 Å². The Morgan fingerprint density at radius 3 is 2.53 bits per heavy atom. The van der Waals surface area contributed by atoms with Crippen molar-refractivity contribution in [2.24, 2.45) is 0 Å². The molecular weight excluding hydrogens is 215 g/mol. The van der Waals surface area contributed by atoms with Gasteiger partial charge in [-0.3, -0.25) is 4.57 Å². The molecule has 0 saturated heterocycles. The van der Waals surface area contributed by atoms with E-state index in [1.54, 1.807) is 6.33 Å². The van der Waals surface area contributed by atoms with E-state index in [1.807, 2.05) is 24.3 Å². The highest BCUT2D eigenvalue weighted by molar-refractivity contribution is 7.55. The number of nitrogens with zero attached hydrogens (tertiary/aromatic N) is 1. The smallest absolute Gasteiger partial charge is 0.345 e. The summed E-state index contributed by atoms with van der Waals surface area (Å²) in [4.78, 5) is 22.7. The second-order valence-electron chi connectivity index (χ2n) is 2.69. The topological polar surface area (TPSA) is 86.2 Å². The highest BCUT2D eigenvalue weighted by Crippen LogP contribution is 2.34. The molecule has 80 valence electrons. The number of hydrogen-bond acceptors (Lipinski definition) is 2. The van der Waals surface area contributed by atoms with Gasteiger partial charge in [0.05, 0.1) is 17.4 Å². The molecule has 0 atom stereocenters. The number of aromatic nitrogens is 2. The zero-order chi connectivity index (χ0) is 11.3. The van der Waals surface area contributed by atoms with Crippen molar-refractivity contribution in [2.45, 2.75) is 0 Å². The molecule has 0 fully saturated rings. The third-order valence-corrected chi connectivity index (χ3v) is 2.04. The zero-order valence-corrected chi connectivity index (χ0v) is 8.76. The highest BCUT2D eigenvalue weighted by Gasteiger charge is 2.01. The Labute approximate surface area is 86.6 Å². The maximum absolute atomic E-state index is 9.58. The first kappa shape index (κ1) is 11.7. The molecule has 0 aliphatic carbocycles. The van der Waals surface area contributed by atoms with Crippen molar-refractivity contribution >= 4 is 18.6 Å². The molecule has 5 nitrogen and oxygen atoms in total. The van der Waals surface area contributed by atoms with Crippen LogP contribution in [0.25, 0.3) is 11.0 Å². The van der Waals surface area contributed by atoms with Crippen LogP contribution >= 0.6 is 7.60 Å². The van der Waals surface area contributed by atoms with Crippen LogP contribution in [-0.2, 0) is 4.57 Å². The fourth-order valence-corrected chi connectivity index (χ4v) is 0.880. The summed E-state index contributed by atoms with van der Waals surface area (Å²) in [6.45, 7) is 2.87. The molecular formula is C9H11N2O3P. The largest absolute Gasteiger partial charge is 0.348 e. The summed E-state index contributed by atoms with van der Waals surface area (Å²) in [5.74, 6) is 0.604. The van der Waals surface area contributed by atoms with Gasteiger partial charge in [-0.25, -0.2) is 4.98 Å². The highest BCUT2D eigenvalue weighted by atomic mass is 31.2. The van der Waals surface area contributed by atoms with Crippen LogP contribution in [-0.4, -0.2) is 19.8 Å². The van der Waals surface area contributed by atoms with Gasteiger partial charge in [-0.2, -0.15) is 0 Å². The van der Waals surface area contributed by atoms with Crippen molar-refractivity contribution < 1.29 is 14.4 Å². The Morgan fingerprint density at radius 1 is 1.40 bits per heavy atom. The molecule has 0 aliphatic rings. The van der Waals surface area contributed by atoms with Crippen molar-refractivity contribution in [3.63, 3.8) is 0 Å². The summed E-state index contributed by atoms with van der Waals surface area (Å²) in [5.41, 5.74) is 2.12. The first-order chi connectivity index (χ1) is 7.03. The lowest BCUT2D eigenvalue weighted by molar-refractivity contribution is 0.386. The molecule has 0 unspecified atom stereocenters. The predicted octanol–water partition coefficient (Wildman–Crippen LogP) is 1.87. The lowest BCUT2D eigenvalue weighted by atomic mass is 10.3. The monoisotopic (exact) mass is 226 g/mol. The van der Waals surface area contributed by atoms with Gasteiger partial charge >= 0.3 is 7.60 Å². The number of imidazole rings is 1. The second kappa shape index (κ2) is 4.89. The number of nitrogens with one attached hydrogen (secondary N) is 1. The average Bonchev–Trinajstić information content (AvgIpc) is 2.65. The number of rotatable bonds is 1. The van der Waals surface area contributed by atoms with Crippen LogP contribution in [0.5, 0.6) is 0 Å². The van der Waals surface area contributed by atoms with Crippen LogP contribution < -0.4 is 0 Å². The molecule has 6 heteroatoms. The maximum Gasteiger partial charge on any atom is 0.348 e. The third-order valence-electron chi connectivity index (χ3n) is 1.57. The number of hydrogen-bond donors (Lipinski definition) is 3. The van der Waals surface area contributed by atoms with E-state index in [1.165, 1.54) is 0 Å². The van der Waals surface area contributed by atoms with Crippen LogP contribution in [0.3, 0.4) is 0 Å². The van der Waals surface area contributed by atoms with Crippen molar-refractivity contribution in [3.8, 4) is 0 Å². The van der Waals surface area contributed by atoms with Gasteiger partial charge in [-0.1, -0.05) is 18.7 Å². The standard InChI is InChI=1S/C7H6N2.C2H5O3P/c1-2-4-7-6(3-1)8-5-9-7;1-2-6(3,4)5/h1-5H,(H,8,9);2H,1H2,(H2,3,4,5). The summed E-state index contributed by atoms with van der Waals surface area (Å²) >= 11 is 0. The fourth-order valence-electron chi connectivity index (χ4n) is 0.880. The Kier molecular flexibility index (Phi) is 3.80. The number of para-hydroxylation sites is 2. The van der Waals surface area contributed by atoms with Crippen LogP contribution in [0.15, 0.2) is 43.0 Å². The summed E-state index contributed by atoms with van der Waals surface area (Å²) in [6, 6.07) is 7.94. The molecule has 0 saturated carbocycles. The van der Waals surface area contributed by atoms with Crippen molar-refractivity contribution in [3.05, 3.63) is 43.0 Å². The summed E-state index contributed by atoms with van der Waals surface area (Å²) in [5, 5.41) is 0. The van der Waals surface area contributed by atoms with Crippen LogP contribution in [0.1, 0.15) is 0 Å². The van der Waals surface area contributed by atoms with Gasteiger partial charge in [-0.15, -0.1) is 0 Å². The quantitative estimate of drug-likeness (QED) is 0.648. The van der Waals surface area contributed by atoms with E-state index in [0.29, 0.717) is 5.82 Å². The SMILES string of the molecule is C=CP(=O)(O)O.c1ccc2[nH]cnc2c1. The minimum absolute atomic E-state index is 0.604. The normalized spacial score (nSPS) is 10.5. The molecule has 2 rings (SSSR count). The molecule has 0 radical (unpaired) electrons. The predicted molar refractivity (Wildman–Crippen MR) is 58.3 cm³/mol. The zero-order valence-electron chi connectivity index (χ0n) is 7.87. The van der Waals surface area contributed by atoms with E-state index in [9.17, 15) is 4.57 Å². The minimum atomic E-state index is -3.88. The van der Waals surface area contributed by atoms with Crippen molar-refractivity contribution in [2.75, 3.05) is 0 Å². The summed E-state index contributed by atoms with van der Waals surface area (Å²) < 4.78 is 9.58. The number of fused-ring (bicyclic) bond motifs is 1. The van der Waals surface area contributed by atoms with Gasteiger partial charge in [0.1, 0.15) is 0 Å². The van der Waals surface area contributed by atoms with Gasteiger partial charge < -0.3 is 14.8 Å². The molecule has 1 heterocycles. The Bertz CT molecular complexity index is 459. The molecule has 15 heavy (non-hydrogen) atoms. The van der Waals surface area contributed by atoms with Gasteiger partial charge in [0, 0.05) is 5.82 Å². The third kappa shape index (κ3) is 4.08. The van der Waals surface area contributed by atoms with E-state index < -0.39 is 7.60 Å². The first-order valence-corrected chi connectivity index (χ1v) is 5.78. The first-order valence-electron chi connectivity index (χ1n) is 4.10. The van der Waals surface area contributed by atoms with E-state index in [4.69, 9.17) is 9.79 Å². The van der Waals surface area contributed by atoms with E-state index in [0.717, 1.165) is 11.0 Å². The molecule has 1 aromatic heterocycles. The van der Waals surface area contributed by atoms with E-state index in [2.05, 4.69) is 16.5 Å². The van der Waals surface area contributed by atoms with Gasteiger partial charge in [0.15, 0.2) is 0 Å². The van der Waals surface area contributed by atoms with Crippen molar-refractivity contribution in [1.29, 1.82) is 0 Å². The molecule has 0 aliphatic heterocycles. The molecule has 1 aromatic carbocycles. The molecule has 3 N–H and O–H groups in total. The van der Waals surface area contributed by atoms with Gasteiger partial charge in [0.25, 0.3) is 0 Å². The number of aromatic amines is 1. The van der Waals surface area contributed by atoms with Crippen molar-refractivity contribution in [1.82, 2.24) is 9.97 Å². The Hall–Kier alpha value is -1.42. The molecule has 2 aromatic rings. The van der Waals surface area contributed by atoms with E-state index in [-0.39, 0.29) is 0 Å². The number of H-pyrrole nitrogens is 1. The average molecular weight is 226 g/mol. The summed E-state index contributed by atoms with van der Waals surface area (Å²) in [6.07, 6.45) is 1.70. The fraction of sp³-hybridized carbons (Fsp3) is 0. The molecule has 0 amide bonds. The number of benzene rings is 1. The minimum Gasteiger partial charge on any atom is -0.345 e. The lowest BCUT2D eigenvalue weighted by Crippen LogP contribution is -1.63. The maximum atomic E-state index is 9.58.